The Morgan fingerprint density at radius 1 is 1.26 bits per heavy atom. The fourth-order valence-electron chi connectivity index (χ4n) is 2.30. The number of anilines is 2. The molecule has 1 fully saturated rings. The van der Waals surface area contributed by atoms with Gasteiger partial charge in [-0.25, -0.2) is 4.98 Å². The Hall–Kier alpha value is -1.64. The molecular formula is C14H20F3N5S. The molecule has 1 aliphatic rings. The molecule has 2 rings (SSSR count). The highest BCUT2D eigenvalue weighted by Gasteiger charge is 2.34. The van der Waals surface area contributed by atoms with Crippen LogP contribution in [0.5, 0.6) is 0 Å². The van der Waals surface area contributed by atoms with Gasteiger partial charge in [0.05, 0.1) is 0 Å². The summed E-state index contributed by atoms with van der Waals surface area (Å²) in [6.45, 7) is 3.99. The third-order valence-corrected chi connectivity index (χ3v) is 3.69. The van der Waals surface area contributed by atoms with Gasteiger partial charge in [0.1, 0.15) is 5.82 Å². The average molecular weight is 347 g/mol. The fraction of sp³-hybridized carbons (Fsp3) is 0.643. The number of piperidine rings is 1. The van der Waals surface area contributed by atoms with E-state index in [1.807, 2.05) is 11.8 Å². The Morgan fingerprint density at radius 2 is 1.96 bits per heavy atom. The summed E-state index contributed by atoms with van der Waals surface area (Å²) < 4.78 is 39.2. The second kappa shape index (κ2) is 7.76. The lowest BCUT2D eigenvalue weighted by Gasteiger charge is -2.28. The van der Waals surface area contributed by atoms with Gasteiger partial charge in [0.2, 0.25) is 5.95 Å². The summed E-state index contributed by atoms with van der Waals surface area (Å²) in [5.41, 5.74) is -0.964. The minimum absolute atomic E-state index is 0.131. The topological polar surface area (TPSA) is 53.1 Å². The van der Waals surface area contributed by atoms with Crippen molar-refractivity contribution < 1.29 is 13.2 Å². The van der Waals surface area contributed by atoms with E-state index in [1.165, 1.54) is 0 Å². The highest BCUT2D eigenvalue weighted by Crippen LogP contribution is 2.31. The molecule has 9 heteroatoms. The van der Waals surface area contributed by atoms with Crippen LogP contribution in [0.2, 0.25) is 0 Å². The third kappa shape index (κ3) is 5.19. The van der Waals surface area contributed by atoms with Crippen LogP contribution in [-0.4, -0.2) is 34.7 Å². The Morgan fingerprint density at radius 3 is 2.57 bits per heavy atom. The first kappa shape index (κ1) is 17.7. The van der Waals surface area contributed by atoms with E-state index < -0.39 is 11.9 Å². The number of rotatable bonds is 4. The van der Waals surface area contributed by atoms with Crippen molar-refractivity contribution in [1.82, 2.24) is 15.3 Å². The molecule has 5 nitrogen and oxygen atoms in total. The van der Waals surface area contributed by atoms with Crippen LogP contribution in [0.15, 0.2) is 6.07 Å². The van der Waals surface area contributed by atoms with Gasteiger partial charge >= 0.3 is 6.18 Å². The number of alkyl halides is 3. The van der Waals surface area contributed by atoms with Gasteiger partial charge in [-0.3, -0.25) is 0 Å². The minimum Gasteiger partial charge on any atom is -0.362 e. The van der Waals surface area contributed by atoms with Gasteiger partial charge in [0, 0.05) is 25.7 Å². The van der Waals surface area contributed by atoms with E-state index in [4.69, 9.17) is 12.2 Å². The lowest BCUT2D eigenvalue weighted by atomic mass is 10.1. The number of hydrogen-bond acceptors (Lipinski definition) is 4. The standard InChI is InChI=1S/C14H20F3N5S/c1-2-6-18-13(23)21-12-19-10(14(15,16)17)9-11(20-12)22-7-4-3-5-8-22/h9H,2-8H2,1H3,(H2,18,19,20,21,23). The van der Waals surface area contributed by atoms with E-state index in [1.54, 1.807) is 0 Å². The van der Waals surface area contributed by atoms with Crippen LogP contribution in [0.4, 0.5) is 24.9 Å². The minimum atomic E-state index is -4.53. The Balaban J connectivity index is 2.24. The largest absolute Gasteiger partial charge is 0.433 e. The number of halogens is 3. The normalized spacial score (nSPS) is 15.4. The van der Waals surface area contributed by atoms with Crippen LogP contribution in [0.25, 0.3) is 0 Å². The summed E-state index contributed by atoms with van der Waals surface area (Å²) in [6.07, 6.45) is -0.689. The predicted molar refractivity (Wildman–Crippen MR) is 87.6 cm³/mol. The van der Waals surface area contributed by atoms with Crippen molar-refractivity contribution in [2.45, 2.75) is 38.8 Å². The second-order valence-electron chi connectivity index (χ2n) is 5.36. The second-order valence-corrected chi connectivity index (χ2v) is 5.77. The first-order valence-electron chi connectivity index (χ1n) is 7.66. The summed E-state index contributed by atoms with van der Waals surface area (Å²) in [7, 11) is 0. The molecule has 0 bridgehead atoms. The summed E-state index contributed by atoms with van der Waals surface area (Å²) in [5.74, 6) is 0.154. The number of thiocarbonyl (C=S) groups is 1. The lowest BCUT2D eigenvalue weighted by Crippen LogP contribution is -2.32. The summed E-state index contributed by atoms with van der Waals surface area (Å²) in [6, 6.07) is 0.999. The number of hydrogen-bond donors (Lipinski definition) is 2. The first-order valence-corrected chi connectivity index (χ1v) is 8.07. The number of aromatic nitrogens is 2. The molecule has 1 aliphatic heterocycles. The molecule has 1 aromatic heterocycles. The maximum Gasteiger partial charge on any atom is 0.433 e. The maximum atomic E-state index is 13.1. The molecule has 2 N–H and O–H groups in total. The van der Waals surface area contributed by atoms with Gasteiger partial charge in [-0.1, -0.05) is 6.92 Å². The zero-order chi connectivity index (χ0) is 16.9. The predicted octanol–water partition coefficient (Wildman–Crippen LogP) is 3.18. The quantitative estimate of drug-likeness (QED) is 0.816. The molecule has 1 saturated heterocycles. The molecule has 0 aromatic carbocycles. The van der Waals surface area contributed by atoms with Gasteiger partial charge < -0.3 is 15.5 Å². The van der Waals surface area contributed by atoms with E-state index >= 15 is 0 Å². The third-order valence-electron chi connectivity index (χ3n) is 3.44. The van der Waals surface area contributed by atoms with Crippen molar-refractivity contribution in [3.05, 3.63) is 11.8 Å². The molecule has 128 valence electrons. The van der Waals surface area contributed by atoms with Crippen molar-refractivity contribution in [2.75, 3.05) is 29.9 Å². The van der Waals surface area contributed by atoms with Crippen LogP contribution in [0.3, 0.4) is 0 Å². The Bertz CT molecular complexity index is 544. The van der Waals surface area contributed by atoms with Crippen molar-refractivity contribution in [3.63, 3.8) is 0 Å². The monoisotopic (exact) mass is 347 g/mol. The molecule has 0 atom stereocenters. The maximum absolute atomic E-state index is 13.1. The van der Waals surface area contributed by atoms with E-state index in [0.29, 0.717) is 19.6 Å². The molecule has 1 aromatic rings. The molecule has 0 unspecified atom stereocenters. The zero-order valence-corrected chi connectivity index (χ0v) is 13.7. The van der Waals surface area contributed by atoms with E-state index in [0.717, 1.165) is 31.7 Å². The number of nitrogens with zero attached hydrogens (tertiary/aromatic N) is 3. The molecule has 0 radical (unpaired) electrons. The Labute approximate surface area is 138 Å². The van der Waals surface area contributed by atoms with Crippen LogP contribution in [-0.2, 0) is 6.18 Å². The molecule has 0 saturated carbocycles. The van der Waals surface area contributed by atoms with E-state index in [9.17, 15) is 13.2 Å². The Kier molecular flexibility index (Phi) is 5.97. The molecule has 2 heterocycles. The average Bonchev–Trinajstić information content (AvgIpc) is 2.52. The summed E-state index contributed by atoms with van der Waals surface area (Å²) in [4.78, 5) is 9.60. The van der Waals surface area contributed by atoms with Crippen LogP contribution < -0.4 is 15.5 Å². The van der Waals surface area contributed by atoms with Crippen LogP contribution in [0.1, 0.15) is 38.3 Å². The SMILES string of the molecule is CCCNC(=S)Nc1nc(N2CCCCC2)cc(C(F)(F)F)n1. The van der Waals surface area contributed by atoms with Crippen molar-refractivity contribution >= 4 is 29.1 Å². The van der Waals surface area contributed by atoms with E-state index in [-0.39, 0.29) is 16.9 Å². The molecule has 0 aliphatic carbocycles. The zero-order valence-electron chi connectivity index (χ0n) is 12.9. The smallest absolute Gasteiger partial charge is 0.362 e. The highest BCUT2D eigenvalue weighted by atomic mass is 32.1. The van der Waals surface area contributed by atoms with Crippen molar-refractivity contribution in [1.29, 1.82) is 0 Å². The van der Waals surface area contributed by atoms with Gasteiger partial charge in [-0.2, -0.15) is 18.2 Å². The molecular weight excluding hydrogens is 327 g/mol. The van der Waals surface area contributed by atoms with Gasteiger partial charge in [0.25, 0.3) is 0 Å². The van der Waals surface area contributed by atoms with Gasteiger partial charge in [0.15, 0.2) is 10.8 Å². The molecule has 0 amide bonds. The first-order chi connectivity index (χ1) is 10.9. The van der Waals surface area contributed by atoms with E-state index in [2.05, 4.69) is 20.6 Å². The van der Waals surface area contributed by atoms with Crippen molar-refractivity contribution in [2.24, 2.45) is 0 Å². The van der Waals surface area contributed by atoms with Crippen LogP contribution >= 0.6 is 12.2 Å². The number of nitrogens with one attached hydrogen (secondary N) is 2. The highest BCUT2D eigenvalue weighted by molar-refractivity contribution is 7.80. The fourth-order valence-corrected chi connectivity index (χ4v) is 2.50. The lowest BCUT2D eigenvalue weighted by molar-refractivity contribution is -0.141. The summed E-state index contributed by atoms with van der Waals surface area (Å²) in [5, 5.41) is 5.74. The van der Waals surface area contributed by atoms with Crippen molar-refractivity contribution in [3.8, 4) is 0 Å². The van der Waals surface area contributed by atoms with Crippen LogP contribution in [0, 0.1) is 0 Å². The van der Waals surface area contributed by atoms with Gasteiger partial charge in [-0.15, -0.1) is 0 Å². The molecule has 0 spiro atoms. The summed E-state index contributed by atoms with van der Waals surface area (Å²) >= 11 is 5.04. The van der Waals surface area contributed by atoms with Gasteiger partial charge in [-0.05, 0) is 37.9 Å². The molecule has 23 heavy (non-hydrogen) atoms.